The quantitative estimate of drug-likeness (QED) is 0.670. The molecule has 0 atom stereocenters. The molecule has 0 saturated carbocycles. The van der Waals surface area contributed by atoms with E-state index in [1.54, 1.807) is 11.8 Å². The van der Waals surface area contributed by atoms with Crippen molar-refractivity contribution in [3.05, 3.63) is 0 Å². The summed E-state index contributed by atoms with van der Waals surface area (Å²) in [5.41, 5.74) is 5.09. The molecule has 0 spiro atoms. The van der Waals surface area contributed by atoms with E-state index in [0.717, 1.165) is 11.5 Å². The number of hydrogen-bond donors (Lipinski definition) is 2. The number of nitrogens with zero attached hydrogens (tertiary/aromatic N) is 1. The summed E-state index contributed by atoms with van der Waals surface area (Å²) >= 11 is 1.75. The number of sulfonamides is 1. The average Bonchev–Trinajstić information content (AvgIpc) is 2.30. The molecule has 3 N–H and O–H groups in total. The molecule has 0 aliphatic carbocycles. The van der Waals surface area contributed by atoms with Gasteiger partial charge in [0.15, 0.2) is 0 Å². The maximum Gasteiger partial charge on any atom is 0.233 e. The van der Waals surface area contributed by atoms with Crippen LogP contribution < -0.4 is 11.1 Å². The summed E-state index contributed by atoms with van der Waals surface area (Å²) in [7, 11) is -3.22. The number of hydrogen-bond acceptors (Lipinski definition) is 5. The predicted octanol–water partition coefficient (Wildman–Crippen LogP) is -1.14. The van der Waals surface area contributed by atoms with Crippen LogP contribution in [0.2, 0.25) is 0 Å². The van der Waals surface area contributed by atoms with Crippen LogP contribution in [0.5, 0.6) is 0 Å². The molecule has 0 radical (unpaired) electrons. The molecular formula is C8H18ClN3O3S2. The Morgan fingerprint density at radius 1 is 1.35 bits per heavy atom. The average molecular weight is 304 g/mol. The number of carbonyl (C=O) groups is 1. The lowest BCUT2D eigenvalue weighted by atomic mass is 10.6. The lowest BCUT2D eigenvalue weighted by Crippen LogP contribution is -2.42. The Labute approximate surface area is 112 Å². The number of carbonyl (C=O) groups excluding carboxylic acids is 1. The van der Waals surface area contributed by atoms with Gasteiger partial charge in [0, 0.05) is 31.1 Å². The minimum atomic E-state index is -3.22. The molecule has 9 heteroatoms. The first kappa shape index (κ1) is 17.0. The topological polar surface area (TPSA) is 92.5 Å². The van der Waals surface area contributed by atoms with Gasteiger partial charge in [-0.05, 0) is 0 Å². The fraction of sp³-hybridized carbons (Fsp3) is 0.875. The molecule has 6 nitrogen and oxygen atoms in total. The highest BCUT2D eigenvalue weighted by atomic mass is 35.5. The van der Waals surface area contributed by atoms with Crippen molar-refractivity contribution in [3.8, 4) is 0 Å². The van der Waals surface area contributed by atoms with Gasteiger partial charge in [-0.25, -0.2) is 12.7 Å². The molecule has 0 unspecified atom stereocenters. The molecule has 1 aliphatic heterocycles. The van der Waals surface area contributed by atoms with E-state index in [9.17, 15) is 13.2 Å². The van der Waals surface area contributed by atoms with Crippen molar-refractivity contribution in [2.75, 3.05) is 43.4 Å². The first-order chi connectivity index (χ1) is 7.56. The van der Waals surface area contributed by atoms with Crippen molar-refractivity contribution in [1.29, 1.82) is 0 Å². The van der Waals surface area contributed by atoms with Gasteiger partial charge in [0.25, 0.3) is 0 Å². The van der Waals surface area contributed by atoms with Crippen LogP contribution in [-0.2, 0) is 14.8 Å². The van der Waals surface area contributed by atoms with Gasteiger partial charge < -0.3 is 11.1 Å². The molecule has 17 heavy (non-hydrogen) atoms. The highest BCUT2D eigenvalue weighted by Gasteiger charge is 2.23. The zero-order valence-corrected chi connectivity index (χ0v) is 11.9. The molecule has 0 aromatic rings. The zero-order valence-electron chi connectivity index (χ0n) is 9.42. The van der Waals surface area contributed by atoms with Gasteiger partial charge in [0.05, 0.1) is 12.3 Å². The van der Waals surface area contributed by atoms with Gasteiger partial charge in [0.1, 0.15) is 0 Å². The Bertz CT molecular complexity index is 331. The standard InChI is InChI=1S/C8H17N3O3S2.ClH/c9-7-8(12)10-1-6-16(13,14)11-2-4-15-5-3-11;/h1-7,9H2,(H,10,12);1H. The van der Waals surface area contributed by atoms with Crippen molar-refractivity contribution in [1.82, 2.24) is 9.62 Å². The van der Waals surface area contributed by atoms with E-state index in [0.29, 0.717) is 13.1 Å². The summed E-state index contributed by atoms with van der Waals surface area (Å²) in [5, 5.41) is 2.45. The Balaban J connectivity index is 0.00000256. The lowest BCUT2D eigenvalue weighted by Gasteiger charge is -2.25. The van der Waals surface area contributed by atoms with Crippen LogP contribution in [0.25, 0.3) is 0 Å². The Hall–Kier alpha value is -0.0200. The normalized spacial score (nSPS) is 17.2. The van der Waals surface area contributed by atoms with Crippen molar-refractivity contribution < 1.29 is 13.2 Å². The SMILES string of the molecule is Cl.NCC(=O)NCCS(=O)(=O)N1CCSCC1. The summed E-state index contributed by atoms with van der Waals surface area (Å²) < 4.78 is 25.1. The zero-order chi connectivity index (χ0) is 12.0. The largest absolute Gasteiger partial charge is 0.354 e. The fourth-order valence-corrected chi connectivity index (χ4v) is 3.84. The summed E-state index contributed by atoms with van der Waals surface area (Å²) in [6.07, 6.45) is 0. The second-order valence-corrected chi connectivity index (χ2v) is 6.69. The van der Waals surface area contributed by atoms with E-state index >= 15 is 0 Å². The minimum Gasteiger partial charge on any atom is -0.354 e. The summed E-state index contributed by atoms with van der Waals surface area (Å²) in [5.74, 6) is 1.30. The third-order valence-electron chi connectivity index (χ3n) is 2.23. The summed E-state index contributed by atoms with van der Waals surface area (Å²) in [4.78, 5) is 10.8. The van der Waals surface area contributed by atoms with Crippen molar-refractivity contribution in [2.24, 2.45) is 5.73 Å². The molecule has 1 amide bonds. The number of nitrogens with two attached hydrogens (primary N) is 1. The number of amides is 1. The number of rotatable bonds is 5. The second kappa shape index (κ2) is 8.15. The van der Waals surface area contributed by atoms with E-state index in [1.807, 2.05) is 0 Å². The van der Waals surface area contributed by atoms with E-state index in [2.05, 4.69) is 5.32 Å². The summed E-state index contributed by atoms with van der Waals surface area (Å²) in [6, 6.07) is 0. The van der Waals surface area contributed by atoms with Gasteiger partial charge in [-0.2, -0.15) is 11.8 Å². The first-order valence-electron chi connectivity index (χ1n) is 5.08. The van der Waals surface area contributed by atoms with E-state index in [-0.39, 0.29) is 37.2 Å². The molecule has 1 fully saturated rings. The molecule has 1 rings (SSSR count). The molecule has 0 aromatic heterocycles. The Morgan fingerprint density at radius 2 is 1.94 bits per heavy atom. The van der Waals surface area contributed by atoms with Gasteiger partial charge >= 0.3 is 0 Å². The monoisotopic (exact) mass is 303 g/mol. The molecule has 0 aromatic carbocycles. The van der Waals surface area contributed by atoms with Gasteiger partial charge in [-0.15, -0.1) is 12.4 Å². The van der Waals surface area contributed by atoms with E-state index in [1.165, 1.54) is 4.31 Å². The van der Waals surface area contributed by atoms with Crippen LogP contribution in [0.1, 0.15) is 0 Å². The van der Waals surface area contributed by atoms with Crippen molar-refractivity contribution in [2.45, 2.75) is 0 Å². The third-order valence-corrected chi connectivity index (χ3v) is 5.05. The van der Waals surface area contributed by atoms with Crippen LogP contribution in [-0.4, -0.2) is 62.1 Å². The van der Waals surface area contributed by atoms with Crippen LogP contribution in [0.3, 0.4) is 0 Å². The number of nitrogens with one attached hydrogen (secondary N) is 1. The second-order valence-electron chi connectivity index (χ2n) is 3.38. The molecule has 102 valence electrons. The van der Waals surface area contributed by atoms with Crippen LogP contribution in [0, 0.1) is 0 Å². The highest BCUT2D eigenvalue weighted by molar-refractivity contribution is 7.99. The number of thioether (sulfide) groups is 1. The minimum absolute atomic E-state index is 0. The lowest BCUT2D eigenvalue weighted by molar-refractivity contribution is -0.119. The van der Waals surface area contributed by atoms with Crippen LogP contribution >= 0.6 is 24.2 Å². The maximum atomic E-state index is 11.8. The van der Waals surface area contributed by atoms with Gasteiger partial charge in [-0.1, -0.05) is 0 Å². The predicted molar refractivity (Wildman–Crippen MR) is 72.0 cm³/mol. The molecule has 1 saturated heterocycles. The van der Waals surface area contributed by atoms with Crippen molar-refractivity contribution in [3.63, 3.8) is 0 Å². The van der Waals surface area contributed by atoms with Crippen molar-refractivity contribution >= 4 is 40.1 Å². The number of halogens is 1. The van der Waals surface area contributed by atoms with Gasteiger partial charge in [0.2, 0.25) is 15.9 Å². The summed E-state index contributed by atoms with van der Waals surface area (Å²) in [6.45, 7) is 1.15. The molecular weight excluding hydrogens is 286 g/mol. The van der Waals surface area contributed by atoms with E-state index < -0.39 is 10.0 Å². The molecule has 1 heterocycles. The van der Waals surface area contributed by atoms with E-state index in [4.69, 9.17) is 5.73 Å². The Morgan fingerprint density at radius 3 is 2.47 bits per heavy atom. The first-order valence-corrected chi connectivity index (χ1v) is 7.85. The Kier molecular flexibility index (Phi) is 8.14. The smallest absolute Gasteiger partial charge is 0.233 e. The molecule has 0 bridgehead atoms. The maximum absolute atomic E-state index is 11.8. The third kappa shape index (κ3) is 5.91. The molecule has 1 aliphatic rings. The fourth-order valence-electron chi connectivity index (χ4n) is 1.35. The van der Waals surface area contributed by atoms with Crippen LogP contribution in [0.4, 0.5) is 0 Å². The van der Waals surface area contributed by atoms with Crippen LogP contribution in [0.15, 0.2) is 0 Å². The van der Waals surface area contributed by atoms with Gasteiger partial charge in [-0.3, -0.25) is 4.79 Å². The highest BCUT2D eigenvalue weighted by Crippen LogP contribution is 2.12.